The standard InChI is InChI=1S/C56H66F4N10O12/c1-30(2)47(66-51(77)43(23-46(74)75)70-44(72)18-19-45(70)73)52(78)65-41(11-8-20-62-54(61)80)50(76)63-37-15-12-32(13-16-37)29-82-55(81)68-25-34(40(60)27-68)26-69(53(79)31(3)71)48(56(4,5)6)49-64-42(38-22-36(58)14-17-39(38)59)28-67(49)24-33-9-7-10-35(57)21-33/h7,9-10,12-19,21-22,28,30-31,34,40-41,43,47-48,71H,8,11,20,23-27,29H2,1-6H3,(H,63,76)(H,65,78)(H,66,77)(H,74,75)(H3,61,62,80)/t31-,34-,40-,41-,43-,47-,48-/m0/s1. The molecular formula is C56H66F4N10O12. The van der Waals surface area contributed by atoms with Crippen LogP contribution in [0.25, 0.3) is 11.3 Å². The van der Waals surface area contributed by atoms with Crippen molar-refractivity contribution in [3.63, 3.8) is 0 Å². The van der Waals surface area contributed by atoms with Gasteiger partial charge in [-0.05, 0) is 84.7 Å². The number of rotatable bonds is 24. The largest absolute Gasteiger partial charge is 0.481 e. The number of nitrogens with zero attached hydrogens (tertiary/aromatic N) is 5. The van der Waals surface area contributed by atoms with Crippen molar-refractivity contribution in [2.24, 2.45) is 23.0 Å². The molecule has 4 aromatic rings. The van der Waals surface area contributed by atoms with Crippen molar-refractivity contribution in [3.8, 4) is 11.3 Å². The van der Waals surface area contributed by atoms with Gasteiger partial charge in [-0.1, -0.05) is 58.9 Å². The average Bonchev–Trinajstić information content (AvgIpc) is 3.68. The summed E-state index contributed by atoms with van der Waals surface area (Å²) in [6.07, 6.45) is -1.91. The number of carboxylic acids is 1. The van der Waals surface area contributed by atoms with Gasteiger partial charge in [0, 0.05) is 61.7 Å². The number of carbonyl (C=O) groups excluding carboxylic acids is 8. The fourth-order valence-electron chi connectivity index (χ4n) is 9.56. The molecule has 0 saturated carbocycles. The van der Waals surface area contributed by atoms with Crippen LogP contribution in [0.15, 0.2) is 85.1 Å². The number of nitrogens with two attached hydrogens (primary N) is 1. The Balaban J connectivity index is 1.13. The van der Waals surface area contributed by atoms with Crippen LogP contribution in [0.5, 0.6) is 0 Å². The fourth-order valence-corrected chi connectivity index (χ4v) is 9.56. The Morgan fingerprint density at radius 3 is 2.15 bits per heavy atom. The molecule has 0 aliphatic carbocycles. The molecule has 3 heterocycles. The zero-order valence-electron chi connectivity index (χ0n) is 45.9. The molecule has 0 radical (unpaired) electrons. The molecule has 2 aliphatic heterocycles. The van der Waals surface area contributed by atoms with Crippen molar-refractivity contribution >= 4 is 59.2 Å². The summed E-state index contributed by atoms with van der Waals surface area (Å²) in [5.41, 5.74) is 5.16. The van der Waals surface area contributed by atoms with Gasteiger partial charge in [-0.25, -0.2) is 32.1 Å². The lowest BCUT2D eigenvalue weighted by Gasteiger charge is -2.41. The third-order valence-corrected chi connectivity index (χ3v) is 13.6. The Morgan fingerprint density at radius 2 is 1.54 bits per heavy atom. The summed E-state index contributed by atoms with van der Waals surface area (Å²) in [5.74, 6) is -10.5. The minimum atomic E-state index is -1.81. The molecule has 22 nitrogen and oxygen atoms in total. The van der Waals surface area contributed by atoms with E-state index in [1.165, 1.54) is 60.5 Å². The van der Waals surface area contributed by atoms with Crippen LogP contribution >= 0.6 is 0 Å². The predicted molar refractivity (Wildman–Crippen MR) is 286 cm³/mol. The minimum absolute atomic E-state index is 0.00947. The molecule has 3 aromatic carbocycles. The van der Waals surface area contributed by atoms with Crippen molar-refractivity contribution in [1.82, 2.24) is 40.2 Å². The van der Waals surface area contributed by atoms with E-state index in [2.05, 4.69) is 21.3 Å². The Hall–Kier alpha value is -8.68. The molecule has 82 heavy (non-hydrogen) atoms. The highest BCUT2D eigenvalue weighted by Gasteiger charge is 2.45. The number of imidazole rings is 1. The summed E-state index contributed by atoms with van der Waals surface area (Å²) in [4.78, 5) is 124. The molecular weight excluding hydrogens is 1080 g/mol. The number of alkyl halides is 1. The first kappa shape index (κ1) is 62.5. The van der Waals surface area contributed by atoms with Crippen molar-refractivity contribution in [2.75, 3.05) is 31.5 Å². The normalized spacial score (nSPS) is 17.0. The van der Waals surface area contributed by atoms with E-state index in [0.29, 0.717) is 16.0 Å². The van der Waals surface area contributed by atoms with Crippen LogP contribution in [-0.4, -0.2) is 145 Å². The number of amides is 9. The summed E-state index contributed by atoms with van der Waals surface area (Å²) in [7, 11) is 0. The highest BCUT2D eigenvalue weighted by molar-refractivity contribution is 6.15. The number of aliphatic hydroxyl groups excluding tert-OH is 1. The number of aromatic nitrogens is 2. The zero-order valence-corrected chi connectivity index (χ0v) is 45.9. The maximum absolute atomic E-state index is 16.2. The molecule has 1 fully saturated rings. The lowest BCUT2D eigenvalue weighted by Crippen LogP contribution is -2.58. The highest BCUT2D eigenvalue weighted by Crippen LogP contribution is 2.41. The summed E-state index contributed by atoms with van der Waals surface area (Å²) in [6, 6.07) is 8.05. The number of urea groups is 1. The van der Waals surface area contributed by atoms with Gasteiger partial charge in [0.15, 0.2) is 0 Å². The number of primary amides is 1. The molecule has 440 valence electrons. The molecule has 1 aromatic heterocycles. The van der Waals surface area contributed by atoms with E-state index in [-0.39, 0.29) is 68.4 Å². The maximum Gasteiger partial charge on any atom is 0.410 e. The van der Waals surface area contributed by atoms with Gasteiger partial charge in [0.1, 0.15) is 60.3 Å². The second-order valence-corrected chi connectivity index (χ2v) is 21.4. The lowest BCUT2D eigenvalue weighted by atomic mass is 9.84. The van der Waals surface area contributed by atoms with Crippen LogP contribution in [0.1, 0.15) is 83.8 Å². The number of nitrogens with one attached hydrogen (secondary N) is 4. The molecule has 0 unspecified atom stereocenters. The first-order chi connectivity index (χ1) is 38.6. The zero-order chi connectivity index (χ0) is 60.3. The Kier molecular flexibility index (Phi) is 20.7. The monoisotopic (exact) mass is 1150 g/mol. The minimum Gasteiger partial charge on any atom is -0.481 e. The van der Waals surface area contributed by atoms with Crippen LogP contribution in [0.2, 0.25) is 0 Å². The van der Waals surface area contributed by atoms with E-state index in [1.807, 2.05) is 0 Å². The van der Waals surface area contributed by atoms with Gasteiger partial charge < -0.3 is 56.3 Å². The van der Waals surface area contributed by atoms with Crippen LogP contribution in [-0.2, 0) is 51.5 Å². The number of benzene rings is 3. The second-order valence-electron chi connectivity index (χ2n) is 21.4. The third-order valence-electron chi connectivity index (χ3n) is 13.6. The summed E-state index contributed by atoms with van der Waals surface area (Å²) >= 11 is 0. The van der Waals surface area contributed by atoms with E-state index in [4.69, 9.17) is 15.5 Å². The second kappa shape index (κ2) is 27.2. The Labute approximate surface area is 469 Å². The van der Waals surface area contributed by atoms with Crippen molar-refractivity contribution in [1.29, 1.82) is 0 Å². The number of carboxylic acid groups (broad SMARTS) is 1. The van der Waals surface area contributed by atoms with Crippen LogP contribution in [0, 0.1) is 34.7 Å². The predicted octanol–water partition coefficient (Wildman–Crippen LogP) is 4.70. The number of ether oxygens (including phenoxy) is 1. The van der Waals surface area contributed by atoms with Crippen molar-refractivity contribution in [3.05, 3.63) is 119 Å². The molecule has 0 bridgehead atoms. The van der Waals surface area contributed by atoms with E-state index < -0.39 is 138 Å². The van der Waals surface area contributed by atoms with Crippen molar-refractivity contribution < 1.29 is 75.7 Å². The quantitative estimate of drug-likeness (QED) is 0.0285. The molecule has 0 spiro atoms. The average molecular weight is 1150 g/mol. The van der Waals surface area contributed by atoms with E-state index in [0.717, 1.165) is 35.3 Å². The van der Waals surface area contributed by atoms with Gasteiger partial charge in [-0.3, -0.25) is 38.5 Å². The van der Waals surface area contributed by atoms with Gasteiger partial charge in [-0.2, -0.15) is 0 Å². The molecule has 2 aliphatic rings. The topological polar surface area (TPSA) is 305 Å². The number of imide groups is 1. The number of aliphatic hydroxyl groups is 1. The Morgan fingerprint density at radius 1 is 0.866 bits per heavy atom. The van der Waals surface area contributed by atoms with E-state index in [1.54, 1.807) is 45.3 Å². The number of hydrogen-bond donors (Lipinski definition) is 7. The van der Waals surface area contributed by atoms with Gasteiger partial charge >= 0.3 is 18.1 Å². The number of likely N-dealkylation sites (tertiary alicyclic amines) is 1. The van der Waals surface area contributed by atoms with Gasteiger partial charge in [-0.15, -0.1) is 0 Å². The number of carbonyl (C=O) groups is 9. The smallest absolute Gasteiger partial charge is 0.410 e. The van der Waals surface area contributed by atoms with E-state index in [9.17, 15) is 62.1 Å². The van der Waals surface area contributed by atoms with E-state index >= 15 is 8.78 Å². The molecule has 9 amide bonds. The summed E-state index contributed by atoms with van der Waals surface area (Å²) < 4.78 is 67.6. The molecule has 6 rings (SSSR count). The summed E-state index contributed by atoms with van der Waals surface area (Å²) in [6.45, 7) is 8.31. The van der Waals surface area contributed by atoms with Crippen LogP contribution in [0.3, 0.4) is 0 Å². The highest BCUT2D eigenvalue weighted by atomic mass is 19.1. The SMILES string of the molecule is CC(C)[C@H](NC(=O)[C@H](CC(=O)O)N1C(=O)C=CC1=O)C(=O)N[C@@H](CCCNC(N)=O)C(=O)Nc1ccc(COC(=O)N2C[C@@H](CN(C(=O)[C@H](C)O)[C@@H](c3nc(-c4cc(F)ccc4F)cn3Cc3cccc(F)c3)C(C)(C)C)[C@@H](F)C2)cc1. The lowest BCUT2D eigenvalue weighted by molar-refractivity contribution is -0.150. The molecule has 26 heteroatoms. The Bertz CT molecular complexity index is 3060. The van der Waals surface area contributed by atoms with Crippen LogP contribution in [0.4, 0.5) is 32.8 Å². The first-order valence-electron chi connectivity index (χ1n) is 26.2. The number of halogens is 4. The number of anilines is 1. The fraction of sp³-hybridized carbons (Fsp3) is 0.429. The third kappa shape index (κ3) is 16.2. The molecule has 8 N–H and O–H groups in total. The molecule has 7 atom stereocenters. The van der Waals surface area contributed by atoms with Gasteiger partial charge in [0.05, 0.1) is 24.7 Å². The van der Waals surface area contributed by atoms with Gasteiger partial charge in [0.25, 0.3) is 17.7 Å². The maximum atomic E-state index is 16.2. The summed E-state index contributed by atoms with van der Waals surface area (Å²) in [5, 5.41) is 30.3. The first-order valence-corrected chi connectivity index (χ1v) is 26.2. The number of hydrogen-bond acceptors (Lipinski definition) is 12. The molecule has 1 saturated heterocycles. The van der Waals surface area contributed by atoms with Crippen molar-refractivity contribution in [2.45, 2.75) is 110 Å². The van der Waals surface area contributed by atoms with Gasteiger partial charge in [0.2, 0.25) is 17.7 Å². The van der Waals surface area contributed by atoms with Crippen LogP contribution < -0.4 is 27.0 Å². The number of aliphatic carboxylic acids is 1.